The van der Waals surface area contributed by atoms with Crippen LogP contribution in [0.3, 0.4) is 0 Å². The van der Waals surface area contributed by atoms with E-state index in [0.717, 1.165) is 0 Å². The number of rotatable bonds is 0. The van der Waals surface area contributed by atoms with E-state index in [1.54, 1.807) is 24.3 Å². The molecule has 2 aromatic carbocycles. The summed E-state index contributed by atoms with van der Waals surface area (Å²) in [6.45, 7) is 0. The van der Waals surface area contributed by atoms with Crippen LogP contribution in [-0.2, 0) is 0 Å². The van der Waals surface area contributed by atoms with Crippen LogP contribution < -0.4 is 0 Å². The normalized spacial score (nSPS) is 13.2. The summed E-state index contributed by atoms with van der Waals surface area (Å²) in [7, 11) is 0. The van der Waals surface area contributed by atoms with Crippen molar-refractivity contribution in [2.75, 3.05) is 0 Å². The standard InChI is InChI=1S/C14H6Cl2O2/c15-7-1-3-9-11(5-7)14(18)12-6-8(16)2-4-10(12)13(9)17/h1-6H. The Morgan fingerprint density at radius 2 is 1.00 bits per heavy atom. The van der Waals surface area contributed by atoms with Gasteiger partial charge in [-0.1, -0.05) is 23.2 Å². The molecule has 0 amide bonds. The maximum absolute atomic E-state index is 12.3. The van der Waals surface area contributed by atoms with Gasteiger partial charge in [0.15, 0.2) is 11.6 Å². The monoisotopic (exact) mass is 276 g/mol. The van der Waals surface area contributed by atoms with Crippen molar-refractivity contribution < 1.29 is 9.59 Å². The van der Waals surface area contributed by atoms with Gasteiger partial charge in [0.25, 0.3) is 0 Å². The van der Waals surface area contributed by atoms with Crippen LogP contribution in [0, 0.1) is 0 Å². The average molecular weight is 277 g/mol. The third-order valence-electron chi connectivity index (χ3n) is 2.94. The molecular formula is C14H6Cl2O2. The number of carbonyl (C=O) groups is 2. The maximum Gasteiger partial charge on any atom is 0.194 e. The average Bonchev–Trinajstić information content (AvgIpc) is 2.35. The summed E-state index contributed by atoms with van der Waals surface area (Å²) in [5.74, 6) is -0.391. The van der Waals surface area contributed by atoms with Gasteiger partial charge >= 0.3 is 0 Å². The van der Waals surface area contributed by atoms with Crippen LogP contribution >= 0.6 is 23.2 Å². The Bertz CT molecular complexity index is 647. The molecule has 1 aliphatic rings. The van der Waals surface area contributed by atoms with Gasteiger partial charge in [-0.05, 0) is 36.4 Å². The number of fused-ring (bicyclic) bond motifs is 2. The number of carbonyl (C=O) groups excluding carboxylic acids is 2. The molecular weight excluding hydrogens is 271 g/mol. The van der Waals surface area contributed by atoms with E-state index in [1.807, 2.05) is 0 Å². The first-order valence-electron chi connectivity index (χ1n) is 5.26. The van der Waals surface area contributed by atoms with Crippen molar-refractivity contribution in [1.82, 2.24) is 0 Å². The molecule has 0 saturated heterocycles. The van der Waals surface area contributed by atoms with Gasteiger partial charge in [-0.15, -0.1) is 0 Å². The molecule has 0 N–H and O–H groups in total. The molecule has 0 aromatic heterocycles. The first-order valence-corrected chi connectivity index (χ1v) is 6.02. The predicted molar refractivity (Wildman–Crippen MR) is 69.8 cm³/mol. The van der Waals surface area contributed by atoms with Crippen molar-refractivity contribution in [2.24, 2.45) is 0 Å². The Morgan fingerprint density at radius 1 is 0.611 bits per heavy atom. The van der Waals surface area contributed by atoms with Gasteiger partial charge in [-0.2, -0.15) is 0 Å². The first-order chi connectivity index (χ1) is 8.58. The Hall–Kier alpha value is -1.64. The van der Waals surface area contributed by atoms with Crippen molar-refractivity contribution >= 4 is 34.8 Å². The minimum Gasteiger partial charge on any atom is -0.289 e. The molecule has 0 bridgehead atoms. The molecule has 0 heterocycles. The van der Waals surface area contributed by atoms with E-state index >= 15 is 0 Å². The summed E-state index contributed by atoms with van der Waals surface area (Å²) in [6, 6.07) is 9.39. The molecule has 0 unspecified atom stereocenters. The van der Waals surface area contributed by atoms with Crippen LogP contribution in [-0.4, -0.2) is 11.6 Å². The van der Waals surface area contributed by atoms with E-state index in [2.05, 4.69) is 0 Å². The van der Waals surface area contributed by atoms with Gasteiger partial charge in [0, 0.05) is 32.3 Å². The van der Waals surface area contributed by atoms with Gasteiger partial charge < -0.3 is 0 Å². The highest BCUT2D eigenvalue weighted by Gasteiger charge is 2.29. The van der Waals surface area contributed by atoms with Crippen LogP contribution in [0.4, 0.5) is 0 Å². The number of hydrogen-bond acceptors (Lipinski definition) is 2. The molecule has 0 atom stereocenters. The van der Waals surface area contributed by atoms with Crippen LogP contribution in [0.5, 0.6) is 0 Å². The lowest BCUT2D eigenvalue weighted by Crippen LogP contribution is -2.20. The fraction of sp³-hybridized carbons (Fsp3) is 0. The smallest absolute Gasteiger partial charge is 0.194 e. The fourth-order valence-corrected chi connectivity index (χ4v) is 2.44. The Kier molecular flexibility index (Phi) is 2.51. The molecule has 88 valence electrons. The molecule has 0 aliphatic heterocycles. The second kappa shape index (κ2) is 3.94. The molecule has 0 spiro atoms. The Labute approximate surface area is 113 Å². The molecule has 0 radical (unpaired) electrons. The minimum absolute atomic E-state index is 0.173. The lowest BCUT2D eigenvalue weighted by Gasteiger charge is -2.17. The summed E-state index contributed by atoms with van der Waals surface area (Å²) < 4.78 is 0. The zero-order chi connectivity index (χ0) is 12.9. The number of ketones is 2. The topological polar surface area (TPSA) is 34.1 Å². The van der Waals surface area contributed by atoms with Crippen LogP contribution in [0.15, 0.2) is 36.4 Å². The SMILES string of the molecule is O=C1c2ccc(Cl)cc2C(=O)c2cc(Cl)ccc21. The van der Waals surface area contributed by atoms with E-state index in [4.69, 9.17) is 23.2 Å². The molecule has 2 aromatic rings. The van der Waals surface area contributed by atoms with Crippen molar-refractivity contribution in [1.29, 1.82) is 0 Å². The van der Waals surface area contributed by atoms with Crippen LogP contribution in [0.2, 0.25) is 10.0 Å². The summed E-state index contributed by atoms with van der Waals surface area (Å²) in [5.41, 5.74) is 1.45. The van der Waals surface area contributed by atoms with E-state index in [9.17, 15) is 9.59 Å². The molecule has 0 saturated carbocycles. The third kappa shape index (κ3) is 1.57. The molecule has 3 rings (SSSR count). The highest BCUT2D eigenvalue weighted by atomic mass is 35.5. The lowest BCUT2D eigenvalue weighted by molar-refractivity contribution is 0.0979. The van der Waals surface area contributed by atoms with Gasteiger partial charge in [0.05, 0.1) is 0 Å². The van der Waals surface area contributed by atoms with Gasteiger partial charge in [-0.3, -0.25) is 9.59 Å². The maximum atomic E-state index is 12.3. The van der Waals surface area contributed by atoms with Crippen molar-refractivity contribution in [3.8, 4) is 0 Å². The highest BCUT2D eigenvalue weighted by Crippen LogP contribution is 2.30. The predicted octanol–water partition coefficient (Wildman–Crippen LogP) is 3.77. The Balaban J connectivity index is 2.32. The molecule has 18 heavy (non-hydrogen) atoms. The first kappa shape index (κ1) is 11.5. The van der Waals surface area contributed by atoms with Crippen molar-refractivity contribution in [3.05, 3.63) is 68.7 Å². The van der Waals surface area contributed by atoms with E-state index < -0.39 is 0 Å². The number of halogens is 2. The largest absolute Gasteiger partial charge is 0.289 e. The van der Waals surface area contributed by atoms with Gasteiger partial charge in [0.2, 0.25) is 0 Å². The molecule has 2 nitrogen and oxygen atoms in total. The molecule has 0 fully saturated rings. The Morgan fingerprint density at radius 3 is 1.44 bits per heavy atom. The van der Waals surface area contributed by atoms with Gasteiger partial charge in [0.1, 0.15) is 0 Å². The third-order valence-corrected chi connectivity index (χ3v) is 3.41. The zero-order valence-corrected chi connectivity index (χ0v) is 10.5. The minimum atomic E-state index is -0.218. The zero-order valence-electron chi connectivity index (χ0n) is 9.04. The quantitative estimate of drug-likeness (QED) is 0.626. The van der Waals surface area contributed by atoms with Crippen LogP contribution in [0.1, 0.15) is 31.8 Å². The summed E-state index contributed by atoms with van der Waals surface area (Å²) in [6.07, 6.45) is 0. The second-order valence-corrected chi connectivity index (χ2v) is 4.91. The van der Waals surface area contributed by atoms with E-state index in [1.165, 1.54) is 12.1 Å². The molecule has 1 aliphatic carbocycles. The van der Waals surface area contributed by atoms with Gasteiger partial charge in [-0.25, -0.2) is 0 Å². The van der Waals surface area contributed by atoms with Crippen molar-refractivity contribution in [2.45, 2.75) is 0 Å². The second-order valence-electron chi connectivity index (χ2n) is 4.04. The van der Waals surface area contributed by atoms with Crippen molar-refractivity contribution in [3.63, 3.8) is 0 Å². The molecule has 4 heteroatoms. The summed E-state index contributed by atoms with van der Waals surface area (Å²) in [5, 5.41) is 0.862. The van der Waals surface area contributed by atoms with E-state index in [-0.39, 0.29) is 11.6 Å². The van der Waals surface area contributed by atoms with E-state index in [0.29, 0.717) is 32.3 Å². The fourth-order valence-electron chi connectivity index (χ4n) is 2.09. The lowest BCUT2D eigenvalue weighted by atomic mass is 9.84. The van der Waals surface area contributed by atoms with Crippen LogP contribution in [0.25, 0.3) is 0 Å². The summed E-state index contributed by atoms with van der Waals surface area (Å²) >= 11 is 11.7. The number of hydrogen-bond donors (Lipinski definition) is 0. The number of benzene rings is 2. The summed E-state index contributed by atoms with van der Waals surface area (Å²) in [4.78, 5) is 24.5. The highest BCUT2D eigenvalue weighted by molar-refractivity contribution is 6.35.